The maximum absolute atomic E-state index is 11.8. The van der Waals surface area contributed by atoms with Crippen molar-refractivity contribution in [1.29, 1.82) is 0 Å². The zero-order valence-corrected chi connectivity index (χ0v) is 11.0. The number of hydrogen-bond donors (Lipinski definition) is 1. The molecule has 1 aliphatic heterocycles. The number of carbonyl (C=O) groups is 1. The van der Waals surface area contributed by atoms with Gasteiger partial charge in [-0.1, -0.05) is 0 Å². The van der Waals surface area contributed by atoms with Gasteiger partial charge in [0.05, 0.1) is 0 Å². The van der Waals surface area contributed by atoms with E-state index in [0.717, 1.165) is 18.7 Å². The third-order valence-corrected chi connectivity index (χ3v) is 3.52. The molecule has 0 unspecified atom stereocenters. The molecule has 1 rings (SSSR count). The highest BCUT2D eigenvalue weighted by Gasteiger charge is 2.27. The predicted octanol–water partition coefficient (Wildman–Crippen LogP) is 1.72. The Morgan fingerprint density at radius 2 is 2.25 bits per heavy atom. The molecular formula is C11H21NO3S. The van der Waals surface area contributed by atoms with Crippen LogP contribution in [0.5, 0.6) is 0 Å². The molecule has 16 heavy (non-hydrogen) atoms. The largest absolute Gasteiger partial charge is 0.444 e. The first-order valence-corrected chi connectivity index (χ1v) is 6.67. The monoisotopic (exact) mass is 247 g/mol. The maximum atomic E-state index is 11.8. The number of thioether (sulfide) groups is 1. The third kappa shape index (κ3) is 4.61. The Morgan fingerprint density at radius 3 is 2.81 bits per heavy atom. The lowest BCUT2D eigenvalue weighted by molar-refractivity contribution is 0.0253. The number of nitrogens with zero attached hydrogens (tertiary/aromatic N) is 1. The van der Waals surface area contributed by atoms with E-state index >= 15 is 0 Å². The fraction of sp³-hybridized carbons (Fsp3) is 0.909. The summed E-state index contributed by atoms with van der Waals surface area (Å²) in [4.78, 5) is 13.5. The molecule has 0 aromatic heterocycles. The van der Waals surface area contributed by atoms with Crippen molar-refractivity contribution in [3.05, 3.63) is 0 Å². The quantitative estimate of drug-likeness (QED) is 0.807. The summed E-state index contributed by atoms with van der Waals surface area (Å²) in [5.74, 6) is 0.921. The molecular weight excluding hydrogens is 226 g/mol. The van der Waals surface area contributed by atoms with E-state index in [-0.39, 0.29) is 12.7 Å². The molecule has 1 amide bonds. The fourth-order valence-electron chi connectivity index (χ4n) is 1.53. The van der Waals surface area contributed by atoms with Crippen LogP contribution < -0.4 is 0 Å². The van der Waals surface area contributed by atoms with Gasteiger partial charge in [0, 0.05) is 30.7 Å². The van der Waals surface area contributed by atoms with Crippen LogP contribution in [0.3, 0.4) is 0 Å². The molecule has 0 aromatic carbocycles. The third-order valence-electron chi connectivity index (χ3n) is 2.24. The molecule has 0 bridgehead atoms. The van der Waals surface area contributed by atoms with Crippen LogP contribution in [-0.2, 0) is 4.74 Å². The van der Waals surface area contributed by atoms with E-state index in [0.29, 0.717) is 11.8 Å². The molecule has 1 heterocycles. The molecule has 0 aromatic rings. The molecule has 1 atom stereocenters. The Labute approximate surface area is 101 Å². The summed E-state index contributed by atoms with van der Waals surface area (Å²) in [6.07, 6.45) is 0.500. The molecule has 94 valence electrons. The van der Waals surface area contributed by atoms with Crippen molar-refractivity contribution in [2.24, 2.45) is 0 Å². The SMILES string of the molecule is CC(C)(C)OC(=O)N1CCS[C@H](CCO)C1. The summed E-state index contributed by atoms with van der Waals surface area (Å²) in [7, 11) is 0. The molecule has 1 aliphatic rings. The van der Waals surface area contributed by atoms with Crippen LogP contribution in [0.2, 0.25) is 0 Å². The molecule has 5 heteroatoms. The van der Waals surface area contributed by atoms with Gasteiger partial charge in [-0.2, -0.15) is 11.8 Å². The van der Waals surface area contributed by atoms with Gasteiger partial charge in [-0.15, -0.1) is 0 Å². The van der Waals surface area contributed by atoms with E-state index < -0.39 is 5.60 Å². The Kier molecular flexibility index (Phi) is 4.92. The number of carbonyl (C=O) groups excluding carboxylic acids is 1. The second-order valence-corrected chi connectivity index (χ2v) is 6.34. The minimum Gasteiger partial charge on any atom is -0.444 e. The van der Waals surface area contributed by atoms with Gasteiger partial charge in [-0.05, 0) is 27.2 Å². The zero-order valence-electron chi connectivity index (χ0n) is 10.2. The van der Waals surface area contributed by atoms with E-state index in [1.54, 1.807) is 4.90 Å². The number of ether oxygens (including phenoxy) is 1. The number of aliphatic hydroxyl groups excluding tert-OH is 1. The topological polar surface area (TPSA) is 49.8 Å². The molecule has 0 aliphatic carbocycles. The molecule has 0 spiro atoms. The predicted molar refractivity (Wildman–Crippen MR) is 65.8 cm³/mol. The highest BCUT2D eigenvalue weighted by atomic mass is 32.2. The average Bonchev–Trinajstić information content (AvgIpc) is 2.16. The van der Waals surface area contributed by atoms with Crippen LogP contribution in [0.1, 0.15) is 27.2 Å². The van der Waals surface area contributed by atoms with Gasteiger partial charge in [-0.3, -0.25) is 0 Å². The normalized spacial score (nSPS) is 22.0. The van der Waals surface area contributed by atoms with E-state index in [1.807, 2.05) is 32.5 Å². The lowest BCUT2D eigenvalue weighted by atomic mass is 10.2. The van der Waals surface area contributed by atoms with Crippen LogP contribution in [0.15, 0.2) is 0 Å². The Bertz CT molecular complexity index is 238. The Morgan fingerprint density at radius 1 is 1.56 bits per heavy atom. The standard InChI is InChI=1S/C11H21NO3S/c1-11(2,3)15-10(14)12-5-7-16-9(8-12)4-6-13/h9,13H,4-8H2,1-3H3/t9-/m1/s1. The Balaban J connectivity index is 2.44. The van der Waals surface area contributed by atoms with Crippen molar-refractivity contribution in [2.45, 2.75) is 38.0 Å². The first-order chi connectivity index (χ1) is 7.42. The molecule has 1 N–H and O–H groups in total. The summed E-state index contributed by atoms with van der Waals surface area (Å²) in [5, 5.41) is 9.22. The lowest BCUT2D eigenvalue weighted by Crippen LogP contribution is -2.44. The van der Waals surface area contributed by atoms with Gasteiger partial charge >= 0.3 is 6.09 Å². The minimum absolute atomic E-state index is 0.180. The lowest BCUT2D eigenvalue weighted by Gasteiger charge is -2.33. The van der Waals surface area contributed by atoms with Crippen LogP contribution >= 0.6 is 11.8 Å². The molecule has 0 saturated carbocycles. The fourth-order valence-corrected chi connectivity index (χ4v) is 2.75. The second kappa shape index (κ2) is 5.77. The van der Waals surface area contributed by atoms with Gasteiger partial charge in [0.25, 0.3) is 0 Å². The Hall–Kier alpha value is -0.420. The zero-order chi connectivity index (χ0) is 12.2. The maximum Gasteiger partial charge on any atom is 0.410 e. The van der Waals surface area contributed by atoms with E-state index in [9.17, 15) is 4.79 Å². The van der Waals surface area contributed by atoms with Crippen molar-refractivity contribution in [2.75, 3.05) is 25.4 Å². The molecule has 1 saturated heterocycles. The highest BCUT2D eigenvalue weighted by Crippen LogP contribution is 2.22. The first-order valence-electron chi connectivity index (χ1n) is 5.63. The van der Waals surface area contributed by atoms with Crippen molar-refractivity contribution >= 4 is 17.9 Å². The second-order valence-electron chi connectivity index (χ2n) is 4.93. The number of rotatable bonds is 2. The first kappa shape index (κ1) is 13.6. The number of hydrogen-bond acceptors (Lipinski definition) is 4. The molecule has 4 nitrogen and oxygen atoms in total. The minimum atomic E-state index is -0.436. The number of amides is 1. The summed E-state index contributed by atoms with van der Waals surface area (Å²) in [6.45, 7) is 7.21. The summed E-state index contributed by atoms with van der Waals surface area (Å²) < 4.78 is 5.32. The summed E-state index contributed by atoms with van der Waals surface area (Å²) in [5.41, 5.74) is -0.436. The molecule has 0 radical (unpaired) electrons. The van der Waals surface area contributed by atoms with Crippen molar-refractivity contribution in [3.8, 4) is 0 Å². The van der Waals surface area contributed by atoms with Crippen molar-refractivity contribution in [3.63, 3.8) is 0 Å². The van der Waals surface area contributed by atoms with Gasteiger partial charge in [0.2, 0.25) is 0 Å². The van der Waals surface area contributed by atoms with Crippen LogP contribution in [0.4, 0.5) is 4.79 Å². The van der Waals surface area contributed by atoms with E-state index in [4.69, 9.17) is 9.84 Å². The van der Waals surface area contributed by atoms with Crippen molar-refractivity contribution in [1.82, 2.24) is 4.90 Å². The van der Waals surface area contributed by atoms with Gasteiger partial charge in [0.15, 0.2) is 0 Å². The molecule has 1 fully saturated rings. The van der Waals surface area contributed by atoms with E-state index in [2.05, 4.69) is 0 Å². The van der Waals surface area contributed by atoms with Gasteiger partial charge in [-0.25, -0.2) is 4.79 Å². The van der Waals surface area contributed by atoms with Crippen LogP contribution in [0, 0.1) is 0 Å². The summed E-state index contributed by atoms with van der Waals surface area (Å²) >= 11 is 1.82. The van der Waals surface area contributed by atoms with Gasteiger partial charge in [0.1, 0.15) is 5.60 Å². The van der Waals surface area contributed by atoms with Crippen molar-refractivity contribution < 1.29 is 14.6 Å². The smallest absolute Gasteiger partial charge is 0.410 e. The van der Waals surface area contributed by atoms with Crippen LogP contribution in [0.25, 0.3) is 0 Å². The highest BCUT2D eigenvalue weighted by molar-refractivity contribution is 8.00. The summed E-state index contributed by atoms with van der Waals surface area (Å²) in [6, 6.07) is 0. The van der Waals surface area contributed by atoms with Gasteiger partial charge < -0.3 is 14.7 Å². The average molecular weight is 247 g/mol. The van der Waals surface area contributed by atoms with E-state index in [1.165, 1.54) is 0 Å². The van der Waals surface area contributed by atoms with Crippen LogP contribution in [-0.4, -0.2) is 52.4 Å². The number of aliphatic hydroxyl groups is 1.